The highest BCUT2D eigenvalue weighted by Gasteiger charge is 2.54. The van der Waals surface area contributed by atoms with Gasteiger partial charge in [0.1, 0.15) is 17.7 Å². The van der Waals surface area contributed by atoms with E-state index in [1.54, 1.807) is 12.1 Å². The van der Waals surface area contributed by atoms with Gasteiger partial charge in [-0.3, -0.25) is 34.3 Å². The van der Waals surface area contributed by atoms with Gasteiger partial charge in [-0.2, -0.15) is 0 Å². The number of nitrogens with zero attached hydrogens (tertiary/aromatic N) is 1. The second-order valence-electron chi connectivity index (χ2n) is 14.2. The summed E-state index contributed by atoms with van der Waals surface area (Å²) in [4.78, 5) is 75.3. The number of carbonyl (C=O) groups is 5. The first kappa shape index (κ1) is 34.8. The fourth-order valence-electron chi connectivity index (χ4n) is 6.32. The molecule has 1 spiro atoms. The molecule has 2 saturated heterocycles. The average Bonchev–Trinajstić information content (AvgIpc) is 3.63. The largest absolute Gasteiger partial charge is 0.381 e. The van der Waals surface area contributed by atoms with Gasteiger partial charge in [-0.1, -0.05) is 57.8 Å². The van der Waals surface area contributed by atoms with Crippen molar-refractivity contribution in [3.63, 3.8) is 0 Å². The van der Waals surface area contributed by atoms with Gasteiger partial charge in [-0.15, -0.1) is 0 Å². The number of Topliss-reactive ketones (excluding diaryl/α,β-unsaturated/α-hetero) is 1. The molecule has 0 radical (unpaired) electrons. The summed E-state index contributed by atoms with van der Waals surface area (Å²) in [7, 11) is 0. The molecule has 4 aliphatic rings. The molecule has 1 aromatic rings. The highest BCUT2D eigenvalue weighted by atomic mass is 35.5. The first-order valence-corrected chi connectivity index (χ1v) is 16.9. The molecular formula is C34H46ClN5O7. The first-order valence-electron chi connectivity index (χ1n) is 16.6. The minimum atomic E-state index is -1.09. The minimum absolute atomic E-state index is 0.00889. The predicted octanol–water partition coefficient (Wildman–Crippen LogP) is 2.65. The third-order valence-corrected chi connectivity index (χ3v) is 9.42. The smallest absolute Gasteiger partial charge is 0.289 e. The van der Waals surface area contributed by atoms with Gasteiger partial charge in [0, 0.05) is 42.2 Å². The Balaban J connectivity index is 1.42. The average molecular weight is 672 g/mol. The van der Waals surface area contributed by atoms with E-state index in [0.717, 1.165) is 18.4 Å². The SMILES string of the molecule is CCC[C@H](NC(=O)[C@@H]1C[C@]2(C=C(c3cccc(Cl)c3)NO2)CN1C(=O)[C@@H](NC(=O)C1CCOCC1)C(C)(C)C)C(=O)C(=O)NC1CC1. The maximum absolute atomic E-state index is 14.5. The summed E-state index contributed by atoms with van der Waals surface area (Å²) >= 11 is 6.23. The lowest BCUT2D eigenvalue weighted by molar-refractivity contribution is -0.146. The maximum Gasteiger partial charge on any atom is 0.289 e. The summed E-state index contributed by atoms with van der Waals surface area (Å²) in [5.41, 5.74) is 2.57. The van der Waals surface area contributed by atoms with Crippen LogP contribution in [0, 0.1) is 11.3 Å². The Bertz CT molecular complexity index is 1420. The van der Waals surface area contributed by atoms with E-state index in [1.165, 1.54) is 4.90 Å². The molecule has 5 rings (SSSR count). The van der Waals surface area contributed by atoms with Crippen molar-refractivity contribution in [3.05, 3.63) is 40.9 Å². The zero-order chi connectivity index (χ0) is 33.9. The molecule has 0 unspecified atom stereocenters. The Labute approximate surface area is 280 Å². The summed E-state index contributed by atoms with van der Waals surface area (Å²) in [5.74, 6) is -2.95. The van der Waals surface area contributed by atoms with Crippen LogP contribution in [0.3, 0.4) is 0 Å². The van der Waals surface area contributed by atoms with Crippen LogP contribution < -0.4 is 21.4 Å². The van der Waals surface area contributed by atoms with Gasteiger partial charge in [0.15, 0.2) is 0 Å². The van der Waals surface area contributed by atoms with Crippen LogP contribution in [0.15, 0.2) is 30.3 Å². The van der Waals surface area contributed by atoms with Crippen molar-refractivity contribution in [3.8, 4) is 0 Å². The number of hydrogen-bond donors (Lipinski definition) is 4. The van der Waals surface area contributed by atoms with Crippen LogP contribution in [0.2, 0.25) is 5.02 Å². The van der Waals surface area contributed by atoms with Crippen LogP contribution in [0.25, 0.3) is 5.70 Å². The number of likely N-dealkylation sites (tertiary alicyclic amines) is 1. The number of nitrogens with one attached hydrogen (secondary N) is 4. The van der Waals surface area contributed by atoms with Crippen molar-refractivity contribution < 1.29 is 33.5 Å². The summed E-state index contributed by atoms with van der Waals surface area (Å²) in [6.45, 7) is 8.41. The molecule has 4 N–H and O–H groups in total. The molecule has 3 aliphatic heterocycles. The zero-order valence-electron chi connectivity index (χ0n) is 27.5. The number of ether oxygens (including phenoxy) is 1. The number of hydrogen-bond acceptors (Lipinski definition) is 8. The van der Waals surface area contributed by atoms with E-state index in [-0.39, 0.29) is 37.3 Å². The number of hydroxylamine groups is 1. The van der Waals surface area contributed by atoms with E-state index >= 15 is 0 Å². The van der Waals surface area contributed by atoms with Gasteiger partial charge >= 0.3 is 0 Å². The lowest BCUT2D eigenvalue weighted by Crippen LogP contribution is -2.59. The van der Waals surface area contributed by atoms with Crippen molar-refractivity contribution >= 4 is 46.7 Å². The molecule has 1 aliphatic carbocycles. The molecule has 47 heavy (non-hydrogen) atoms. The van der Waals surface area contributed by atoms with Crippen LogP contribution in [0.4, 0.5) is 0 Å². The molecule has 3 heterocycles. The molecular weight excluding hydrogens is 626 g/mol. The second kappa shape index (κ2) is 14.3. The van der Waals surface area contributed by atoms with Gasteiger partial charge in [0.05, 0.1) is 18.3 Å². The quantitative estimate of drug-likeness (QED) is 0.262. The van der Waals surface area contributed by atoms with Crippen LogP contribution in [0.1, 0.15) is 78.2 Å². The number of ketones is 1. The number of halogens is 1. The lowest BCUT2D eigenvalue weighted by Gasteiger charge is -2.36. The molecule has 1 saturated carbocycles. The standard InChI is InChI=1S/C34H46ClN5O7/c1-5-7-24(27(41)31(44)36-23-10-11-23)37-30(43)26-18-34(17-25(39-47-34)21-8-6-9-22(35)16-21)19-40(26)32(45)28(33(2,3)4)38-29(42)20-12-14-46-15-13-20/h6,8-9,16-17,20,23-24,26,28,39H,5,7,10-15,18-19H2,1-4H3,(H,36,44)(H,37,43)(H,38,42)/t24-,26-,28+,34+/m0/s1. The highest BCUT2D eigenvalue weighted by molar-refractivity contribution is 6.38. The molecule has 0 aromatic heterocycles. The van der Waals surface area contributed by atoms with Crippen LogP contribution in [-0.2, 0) is 33.5 Å². The number of carbonyl (C=O) groups excluding carboxylic acids is 5. The lowest BCUT2D eigenvalue weighted by atomic mass is 9.84. The molecule has 4 amide bonds. The van der Waals surface area contributed by atoms with Crippen molar-refractivity contribution in [2.24, 2.45) is 11.3 Å². The molecule has 256 valence electrons. The van der Waals surface area contributed by atoms with Crippen LogP contribution in [0.5, 0.6) is 0 Å². The van der Waals surface area contributed by atoms with Gasteiger partial charge in [-0.25, -0.2) is 0 Å². The van der Waals surface area contributed by atoms with Crippen LogP contribution in [-0.4, -0.2) is 83.8 Å². The summed E-state index contributed by atoms with van der Waals surface area (Å²) in [6, 6.07) is 4.15. The zero-order valence-corrected chi connectivity index (χ0v) is 28.3. The summed E-state index contributed by atoms with van der Waals surface area (Å²) in [6.07, 6.45) is 5.50. The number of rotatable bonds is 11. The second-order valence-corrected chi connectivity index (χ2v) is 14.6. The minimum Gasteiger partial charge on any atom is -0.381 e. The van der Waals surface area contributed by atoms with Gasteiger partial charge in [-0.05, 0) is 55.7 Å². The Morgan fingerprint density at radius 1 is 1.06 bits per heavy atom. The first-order chi connectivity index (χ1) is 22.3. The fourth-order valence-corrected chi connectivity index (χ4v) is 6.51. The normalized spacial score (nSPS) is 24.2. The Kier molecular flexibility index (Phi) is 10.6. The van der Waals surface area contributed by atoms with Crippen LogP contribution >= 0.6 is 11.6 Å². The van der Waals surface area contributed by atoms with Gasteiger partial charge < -0.3 is 25.6 Å². The molecule has 3 fully saturated rings. The van der Waals surface area contributed by atoms with E-state index in [2.05, 4.69) is 21.4 Å². The number of amides is 4. The molecule has 1 aromatic carbocycles. The van der Waals surface area contributed by atoms with E-state index < -0.39 is 52.6 Å². The van der Waals surface area contributed by atoms with Crippen molar-refractivity contribution in [2.45, 2.75) is 102 Å². The topological polar surface area (TPSA) is 155 Å². The monoisotopic (exact) mass is 671 g/mol. The third-order valence-electron chi connectivity index (χ3n) is 9.18. The fraction of sp³-hybridized carbons (Fsp3) is 0.618. The molecule has 0 bridgehead atoms. The third kappa shape index (κ3) is 8.33. The molecule has 12 nitrogen and oxygen atoms in total. The summed E-state index contributed by atoms with van der Waals surface area (Å²) in [5, 5.41) is 9.02. The van der Waals surface area contributed by atoms with Crippen molar-refractivity contribution in [1.29, 1.82) is 0 Å². The maximum atomic E-state index is 14.5. The molecule has 4 atom stereocenters. The van der Waals surface area contributed by atoms with E-state index in [9.17, 15) is 24.0 Å². The Morgan fingerprint density at radius 2 is 1.79 bits per heavy atom. The highest BCUT2D eigenvalue weighted by Crippen LogP contribution is 2.39. The predicted molar refractivity (Wildman–Crippen MR) is 174 cm³/mol. The van der Waals surface area contributed by atoms with Crippen molar-refractivity contribution in [1.82, 2.24) is 26.3 Å². The number of benzene rings is 1. The summed E-state index contributed by atoms with van der Waals surface area (Å²) < 4.78 is 5.41. The molecule has 13 heteroatoms. The van der Waals surface area contributed by atoms with Gasteiger partial charge in [0.25, 0.3) is 5.91 Å². The Morgan fingerprint density at radius 3 is 2.43 bits per heavy atom. The van der Waals surface area contributed by atoms with E-state index in [4.69, 9.17) is 21.2 Å². The van der Waals surface area contributed by atoms with E-state index in [0.29, 0.717) is 43.2 Å². The van der Waals surface area contributed by atoms with Gasteiger partial charge in [0.2, 0.25) is 23.5 Å². The van der Waals surface area contributed by atoms with Crippen molar-refractivity contribution in [2.75, 3.05) is 19.8 Å². The van der Waals surface area contributed by atoms with E-state index in [1.807, 2.05) is 45.9 Å². The Hall–Kier alpha value is -3.48.